The van der Waals surface area contributed by atoms with Crippen LogP contribution < -0.4 is 0 Å². The molecule has 0 spiro atoms. The van der Waals surface area contributed by atoms with Crippen molar-refractivity contribution in [3.63, 3.8) is 0 Å². The third kappa shape index (κ3) is 3.85. The van der Waals surface area contributed by atoms with Gasteiger partial charge in [-0.2, -0.15) is 0 Å². The number of carbonyl (C=O) groups excluding carboxylic acids is 1. The first kappa shape index (κ1) is 15.6. The van der Waals surface area contributed by atoms with E-state index in [0.29, 0.717) is 29.0 Å². The van der Waals surface area contributed by atoms with Crippen molar-refractivity contribution in [2.45, 2.75) is 46.1 Å². The van der Waals surface area contributed by atoms with E-state index < -0.39 is 0 Å². The van der Waals surface area contributed by atoms with E-state index in [1.165, 1.54) is 6.42 Å². The van der Waals surface area contributed by atoms with E-state index in [4.69, 9.17) is 11.3 Å². The molecule has 112 valence electrons. The second kappa shape index (κ2) is 6.76. The Bertz CT molecular complexity index is 527. The fourth-order valence-corrected chi connectivity index (χ4v) is 3.13. The Morgan fingerprint density at radius 1 is 1.29 bits per heavy atom. The summed E-state index contributed by atoms with van der Waals surface area (Å²) in [6.07, 6.45) is 3.32. The standard InChI is InChI=1S/C18H23NO2/c1-12(2)16-10-5-13(3)11-17(16)21-18(20)14-6-8-15(19-4)9-7-14/h6-9,12-13,16-17H,5,10-11H2,1-3H3/t13-,16+,17?/m1/s1. The molecule has 1 aromatic rings. The zero-order valence-electron chi connectivity index (χ0n) is 13.0. The van der Waals surface area contributed by atoms with E-state index in [2.05, 4.69) is 25.6 Å². The normalized spacial score (nSPS) is 25.4. The molecule has 0 saturated heterocycles. The quantitative estimate of drug-likeness (QED) is 0.587. The average molecular weight is 285 g/mol. The van der Waals surface area contributed by atoms with Crippen LogP contribution in [-0.4, -0.2) is 12.1 Å². The van der Waals surface area contributed by atoms with Crippen LogP contribution in [0.2, 0.25) is 0 Å². The fraction of sp³-hybridized carbons (Fsp3) is 0.556. The van der Waals surface area contributed by atoms with E-state index in [1.54, 1.807) is 24.3 Å². The van der Waals surface area contributed by atoms with Gasteiger partial charge in [-0.25, -0.2) is 9.64 Å². The number of rotatable bonds is 3. The second-order valence-corrected chi connectivity index (χ2v) is 6.43. The maximum absolute atomic E-state index is 12.3. The molecule has 0 N–H and O–H groups in total. The highest BCUT2D eigenvalue weighted by Crippen LogP contribution is 2.35. The number of carbonyl (C=O) groups is 1. The number of esters is 1. The van der Waals surface area contributed by atoms with Gasteiger partial charge in [-0.1, -0.05) is 51.5 Å². The summed E-state index contributed by atoms with van der Waals surface area (Å²) in [6, 6.07) is 6.67. The monoisotopic (exact) mass is 285 g/mol. The van der Waals surface area contributed by atoms with Crippen molar-refractivity contribution in [2.24, 2.45) is 17.8 Å². The minimum atomic E-state index is -0.267. The molecule has 0 aromatic heterocycles. The van der Waals surface area contributed by atoms with Gasteiger partial charge in [0.15, 0.2) is 5.69 Å². The SMILES string of the molecule is [C-]#[N+]c1ccc(C(=O)OC2C[C@H](C)CC[C@H]2C(C)C)cc1. The van der Waals surface area contributed by atoms with E-state index in [1.807, 2.05) is 0 Å². The van der Waals surface area contributed by atoms with Crippen molar-refractivity contribution >= 4 is 11.7 Å². The zero-order chi connectivity index (χ0) is 15.4. The van der Waals surface area contributed by atoms with E-state index >= 15 is 0 Å². The van der Waals surface area contributed by atoms with Gasteiger partial charge < -0.3 is 4.74 Å². The minimum Gasteiger partial charge on any atom is -0.458 e. The summed E-state index contributed by atoms with van der Waals surface area (Å²) in [5.41, 5.74) is 1.07. The highest BCUT2D eigenvalue weighted by atomic mass is 16.5. The largest absolute Gasteiger partial charge is 0.458 e. The van der Waals surface area contributed by atoms with Gasteiger partial charge in [-0.05, 0) is 30.6 Å². The van der Waals surface area contributed by atoms with Crippen molar-refractivity contribution in [2.75, 3.05) is 0 Å². The molecule has 1 aromatic carbocycles. The molecular formula is C18H23NO2. The maximum Gasteiger partial charge on any atom is 0.338 e. The number of benzene rings is 1. The number of ether oxygens (including phenoxy) is 1. The molecule has 1 aliphatic carbocycles. The highest BCUT2D eigenvalue weighted by Gasteiger charge is 2.33. The Kier molecular flexibility index (Phi) is 5.01. The molecule has 1 saturated carbocycles. The van der Waals surface area contributed by atoms with E-state index in [0.717, 1.165) is 12.8 Å². The lowest BCUT2D eigenvalue weighted by atomic mass is 9.75. The van der Waals surface area contributed by atoms with Crippen LogP contribution in [0.25, 0.3) is 4.85 Å². The smallest absolute Gasteiger partial charge is 0.338 e. The molecule has 0 aliphatic heterocycles. The van der Waals surface area contributed by atoms with Gasteiger partial charge in [-0.15, -0.1) is 0 Å². The first-order chi connectivity index (χ1) is 10.0. The van der Waals surface area contributed by atoms with Gasteiger partial charge in [0.1, 0.15) is 6.10 Å². The lowest BCUT2D eigenvalue weighted by Crippen LogP contribution is -2.35. The summed E-state index contributed by atoms with van der Waals surface area (Å²) in [6.45, 7) is 13.6. The van der Waals surface area contributed by atoms with Crippen molar-refractivity contribution in [1.82, 2.24) is 0 Å². The summed E-state index contributed by atoms with van der Waals surface area (Å²) in [4.78, 5) is 15.6. The fourth-order valence-electron chi connectivity index (χ4n) is 3.13. The molecule has 3 heteroatoms. The molecule has 21 heavy (non-hydrogen) atoms. The Balaban J connectivity index is 2.07. The van der Waals surface area contributed by atoms with Crippen molar-refractivity contribution in [3.8, 4) is 0 Å². The summed E-state index contributed by atoms with van der Waals surface area (Å²) in [7, 11) is 0. The summed E-state index contributed by atoms with van der Waals surface area (Å²) in [5.74, 6) is 1.33. The number of hydrogen-bond donors (Lipinski definition) is 0. The van der Waals surface area contributed by atoms with Crippen molar-refractivity contribution < 1.29 is 9.53 Å². The van der Waals surface area contributed by atoms with Crippen LogP contribution in [0, 0.1) is 24.3 Å². The van der Waals surface area contributed by atoms with Crippen LogP contribution >= 0.6 is 0 Å². The lowest BCUT2D eigenvalue weighted by Gasteiger charge is -2.36. The molecule has 1 aliphatic rings. The van der Waals surface area contributed by atoms with Crippen LogP contribution in [0.15, 0.2) is 24.3 Å². The first-order valence-corrected chi connectivity index (χ1v) is 7.69. The third-order valence-electron chi connectivity index (χ3n) is 4.45. The van der Waals surface area contributed by atoms with Crippen LogP contribution in [0.4, 0.5) is 5.69 Å². The van der Waals surface area contributed by atoms with E-state index in [9.17, 15) is 4.79 Å². The summed E-state index contributed by atoms with van der Waals surface area (Å²) >= 11 is 0. The lowest BCUT2D eigenvalue weighted by molar-refractivity contribution is -0.0174. The van der Waals surface area contributed by atoms with Gasteiger partial charge in [-0.3, -0.25) is 0 Å². The van der Waals surface area contributed by atoms with Crippen molar-refractivity contribution in [3.05, 3.63) is 41.2 Å². The van der Waals surface area contributed by atoms with Crippen molar-refractivity contribution in [1.29, 1.82) is 0 Å². The molecule has 3 atom stereocenters. The molecule has 0 heterocycles. The Morgan fingerprint density at radius 3 is 2.52 bits per heavy atom. The number of hydrogen-bond acceptors (Lipinski definition) is 2. The average Bonchev–Trinajstić information content (AvgIpc) is 2.47. The molecule has 2 rings (SSSR count). The first-order valence-electron chi connectivity index (χ1n) is 7.69. The number of nitrogens with zero attached hydrogens (tertiary/aromatic N) is 1. The Labute approximate surface area is 127 Å². The van der Waals surface area contributed by atoms with Gasteiger partial charge in [0.25, 0.3) is 0 Å². The Morgan fingerprint density at radius 2 is 1.95 bits per heavy atom. The van der Waals surface area contributed by atoms with Gasteiger partial charge in [0, 0.05) is 0 Å². The molecule has 0 radical (unpaired) electrons. The third-order valence-corrected chi connectivity index (χ3v) is 4.45. The predicted molar refractivity (Wildman–Crippen MR) is 83.3 cm³/mol. The van der Waals surface area contributed by atoms with Crippen LogP contribution in [0.1, 0.15) is 50.4 Å². The van der Waals surface area contributed by atoms with Gasteiger partial charge in [0.2, 0.25) is 0 Å². The second-order valence-electron chi connectivity index (χ2n) is 6.43. The van der Waals surface area contributed by atoms with Crippen LogP contribution in [0.5, 0.6) is 0 Å². The maximum atomic E-state index is 12.3. The molecule has 1 unspecified atom stereocenters. The summed E-state index contributed by atoms with van der Waals surface area (Å²) in [5, 5.41) is 0. The molecule has 0 bridgehead atoms. The molecule has 1 fully saturated rings. The van der Waals surface area contributed by atoms with Crippen LogP contribution in [-0.2, 0) is 4.74 Å². The highest BCUT2D eigenvalue weighted by molar-refractivity contribution is 5.90. The minimum absolute atomic E-state index is 0.0155. The zero-order valence-corrected chi connectivity index (χ0v) is 13.0. The predicted octanol–water partition coefficient (Wildman–Crippen LogP) is 4.85. The van der Waals surface area contributed by atoms with Gasteiger partial charge >= 0.3 is 5.97 Å². The molecule has 0 amide bonds. The Hall–Kier alpha value is -1.82. The van der Waals surface area contributed by atoms with Crippen LogP contribution in [0.3, 0.4) is 0 Å². The summed E-state index contributed by atoms with van der Waals surface area (Å²) < 4.78 is 5.78. The topological polar surface area (TPSA) is 30.7 Å². The van der Waals surface area contributed by atoms with Gasteiger partial charge in [0.05, 0.1) is 12.1 Å². The molecule has 3 nitrogen and oxygen atoms in total. The molecular weight excluding hydrogens is 262 g/mol. The van der Waals surface area contributed by atoms with E-state index in [-0.39, 0.29) is 12.1 Å².